The van der Waals surface area contributed by atoms with Gasteiger partial charge in [0.1, 0.15) is 16.4 Å². The molecule has 3 aliphatic rings. The van der Waals surface area contributed by atoms with Gasteiger partial charge in [-0.15, -0.1) is 11.3 Å². The Morgan fingerprint density at radius 3 is 2.67 bits per heavy atom. The Hall–Kier alpha value is -1.20. The third-order valence-electron chi connectivity index (χ3n) is 5.26. The van der Waals surface area contributed by atoms with Gasteiger partial charge in [0, 0.05) is 6.04 Å². The average molecular weight is 417 g/mol. The van der Waals surface area contributed by atoms with Gasteiger partial charge >= 0.3 is 6.09 Å². The first-order valence-electron chi connectivity index (χ1n) is 9.29. The Morgan fingerprint density at radius 1 is 1.15 bits per heavy atom. The van der Waals surface area contributed by atoms with Crippen molar-refractivity contribution in [1.82, 2.24) is 10.0 Å². The quantitative estimate of drug-likeness (QED) is 0.756. The van der Waals surface area contributed by atoms with E-state index in [2.05, 4.69) is 10.0 Å². The van der Waals surface area contributed by atoms with Crippen molar-refractivity contribution in [2.75, 3.05) is 13.2 Å². The van der Waals surface area contributed by atoms with Crippen LogP contribution >= 0.6 is 11.3 Å². The van der Waals surface area contributed by atoms with Crippen LogP contribution in [0.5, 0.6) is 0 Å². The molecule has 0 bridgehead atoms. The maximum absolute atomic E-state index is 12.4. The van der Waals surface area contributed by atoms with E-state index in [0.717, 1.165) is 37.0 Å². The van der Waals surface area contributed by atoms with Gasteiger partial charge in [-0.3, -0.25) is 0 Å². The van der Waals surface area contributed by atoms with E-state index >= 15 is 0 Å². The van der Waals surface area contributed by atoms with Gasteiger partial charge in [0.05, 0.1) is 19.3 Å². The summed E-state index contributed by atoms with van der Waals surface area (Å²) in [7, 11) is -3.61. The second-order valence-electron chi connectivity index (χ2n) is 7.18. The fraction of sp³-hybridized carbons (Fsp3) is 0.706. The van der Waals surface area contributed by atoms with Gasteiger partial charge in [0.25, 0.3) is 0 Å². The molecular weight excluding hydrogens is 392 g/mol. The number of fused-ring (bicyclic) bond motifs is 1. The van der Waals surface area contributed by atoms with Crippen molar-refractivity contribution in [1.29, 1.82) is 0 Å². The number of alkyl carbamates (subject to hydrolysis) is 1. The van der Waals surface area contributed by atoms with E-state index in [9.17, 15) is 13.2 Å². The van der Waals surface area contributed by atoms with Crippen molar-refractivity contribution in [3.05, 3.63) is 17.5 Å². The van der Waals surface area contributed by atoms with E-state index in [1.54, 1.807) is 17.5 Å². The summed E-state index contributed by atoms with van der Waals surface area (Å²) in [5.41, 5.74) is 0. The minimum absolute atomic E-state index is 0.166. The Balaban J connectivity index is 1.31. The number of thiophene rings is 1. The molecule has 4 unspecified atom stereocenters. The molecule has 2 saturated heterocycles. The summed E-state index contributed by atoms with van der Waals surface area (Å²) in [6.07, 6.45) is 3.50. The number of carbonyl (C=O) groups is 1. The number of ether oxygens (including phenoxy) is 3. The minimum Gasteiger partial charge on any atom is -0.441 e. The second-order valence-corrected chi connectivity index (χ2v) is 10.1. The molecule has 1 aromatic rings. The van der Waals surface area contributed by atoms with Crippen molar-refractivity contribution >= 4 is 27.5 Å². The summed E-state index contributed by atoms with van der Waals surface area (Å²) >= 11 is 1.15. The fourth-order valence-corrected chi connectivity index (χ4v) is 6.17. The lowest BCUT2D eigenvalue weighted by molar-refractivity contribution is 0.00281. The minimum atomic E-state index is -3.61. The van der Waals surface area contributed by atoms with E-state index in [4.69, 9.17) is 14.2 Å². The molecule has 1 aromatic heterocycles. The van der Waals surface area contributed by atoms with Crippen molar-refractivity contribution in [2.45, 2.75) is 66.7 Å². The highest BCUT2D eigenvalue weighted by Crippen LogP contribution is 2.30. The summed E-state index contributed by atoms with van der Waals surface area (Å²) in [5, 5.41) is 4.62. The lowest BCUT2D eigenvalue weighted by Gasteiger charge is -2.24. The first-order valence-corrected chi connectivity index (χ1v) is 11.7. The standard InChI is InChI=1S/C17H24N2O6S2/c20-17(18-11-5-2-1-3-6-11)25-13-10-24-15-12(9-23-16(13)15)19-27(21,22)14-7-4-8-26-14/h4,7-8,11-13,15-16,19H,1-3,5-6,9-10H2,(H,18,20). The van der Waals surface area contributed by atoms with Gasteiger partial charge in [0.15, 0.2) is 6.10 Å². The van der Waals surface area contributed by atoms with Crippen LogP contribution in [0, 0.1) is 0 Å². The van der Waals surface area contributed by atoms with Crippen molar-refractivity contribution in [3.63, 3.8) is 0 Å². The number of sulfonamides is 1. The predicted molar refractivity (Wildman–Crippen MR) is 98.2 cm³/mol. The number of hydrogen-bond acceptors (Lipinski definition) is 7. The molecule has 2 N–H and O–H groups in total. The predicted octanol–water partition coefficient (Wildman–Crippen LogP) is 1.62. The van der Waals surface area contributed by atoms with Gasteiger partial charge in [-0.05, 0) is 24.3 Å². The van der Waals surface area contributed by atoms with Crippen LogP contribution < -0.4 is 10.0 Å². The summed E-state index contributed by atoms with van der Waals surface area (Å²) in [5.74, 6) is 0. The normalized spacial score (nSPS) is 31.6. The zero-order chi connectivity index (χ0) is 18.9. The molecule has 1 amide bonds. The number of rotatable bonds is 5. The number of nitrogens with one attached hydrogen (secondary N) is 2. The van der Waals surface area contributed by atoms with Crippen LogP contribution in [0.15, 0.2) is 21.7 Å². The molecule has 10 heteroatoms. The van der Waals surface area contributed by atoms with Crippen LogP contribution in [0.25, 0.3) is 0 Å². The van der Waals surface area contributed by atoms with E-state index in [1.807, 2.05) is 0 Å². The molecule has 2 aliphatic heterocycles. The molecule has 1 aliphatic carbocycles. The highest BCUT2D eigenvalue weighted by Gasteiger charge is 2.50. The highest BCUT2D eigenvalue weighted by atomic mass is 32.2. The second kappa shape index (κ2) is 8.04. The first kappa shape index (κ1) is 19.1. The van der Waals surface area contributed by atoms with Gasteiger partial charge in [-0.25, -0.2) is 17.9 Å². The topological polar surface area (TPSA) is 103 Å². The Kier molecular flexibility index (Phi) is 5.70. The monoisotopic (exact) mass is 416 g/mol. The molecule has 0 aromatic carbocycles. The lowest BCUT2D eigenvalue weighted by atomic mass is 9.96. The van der Waals surface area contributed by atoms with Crippen LogP contribution in [0.3, 0.4) is 0 Å². The van der Waals surface area contributed by atoms with Gasteiger partial charge in [-0.1, -0.05) is 25.3 Å². The maximum Gasteiger partial charge on any atom is 0.407 e. The van der Waals surface area contributed by atoms with Crippen molar-refractivity contribution in [3.8, 4) is 0 Å². The van der Waals surface area contributed by atoms with Gasteiger partial charge in [-0.2, -0.15) is 0 Å². The Labute approximate surface area is 162 Å². The average Bonchev–Trinajstić information content (AvgIpc) is 3.36. The molecule has 27 heavy (non-hydrogen) atoms. The number of hydrogen-bond donors (Lipinski definition) is 2. The zero-order valence-corrected chi connectivity index (χ0v) is 16.5. The smallest absolute Gasteiger partial charge is 0.407 e. The number of carbonyl (C=O) groups excluding carboxylic acids is 1. The van der Waals surface area contributed by atoms with Crippen LogP contribution in [0.1, 0.15) is 32.1 Å². The van der Waals surface area contributed by atoms with Crippen LogP contribution in [-0.2, 0) is 24.2 Å². The van der Waals surface area contributed by atoms with Crippen molar-refractivity contribution in [2.24, 2.45) is 0 Å². The number of amides is 1. The van der Waals surface area contributed by atoms with E-state index in [0.29, 0.717) is 0 Å². The summed E-state index contributed by atoms with van der Waals surface area (Å²) in [6, 6.07) is 2.90. The Morgan fingerprint density at radius 2 is 1.93 bits per heavy atom. The third-order valence-corrected chi connectivity index (χ3v) is 8.15. The van der Waals surface area contributed by atoms with E-state index in [-0.39, 0.29) is 23.5 Å². The molecule has 150 valence electrons. The van der Waals surface area contributed by atoms with Crippen LogP contribution in [0.2, 0.25) is 0 Å². The third kappa shape index (κ3) is 4.29. The molecule has 1 saturated carbocycles. The van der Waals surface area contributed by atoms with Crippen molar-refractivity contribution < 1.29 is 27.4 Å². The largest absolute Gasteiger partial charge is 0.441 e. The SMILES string of the molecule is O=C(NC1CCCCC1)OC1COC2C(NS(=O)(=O)c3cccs3)COC12. The summed E-state index contributed by atoms with van der Waals surface area (Å²) < 4.78 is 44.6. The molecule has 4 rings (SSSR count). The Bertz CT molecular complexity index is 747. The summed E-state index contributed by atoms with van der Waals surface area (Å²) in [6.45, 7) is 0.384. The zero-order valence-electron chi connectivity index (χ0n) is 14.8. The molecule has 4 atom stereocenters. The van der Waals surface area contributed by atoms with Gasteiger partial charge < -0.3 is 19.5 Å². The first-order chi connectivity index (χ1) is 13.0. The van der Waals surface area contributed by atoms with Crippen LogP contribution in [-0.4, -0.2) is 58.1 Å². The van der Waals surface area contributed by atoms with Gasteiger partial charge in [0.2, 0.25) is 10.0 Å². The molecule has 0 radical (unpaired) electrons. The highest BCUT2D eigenvalue weighted by molar-refractivity contribution is 7.91. The maximum atomic E-state index is 12.4. The molecule has 3 heterocycles. The summed E-state index contributed by atoms with van der Waals surface area (Å²) in [4.78, 5) is 12.2. The molecule has 3 fully saturated rings. The fourth-order valence-electron chi connectivity index (χ4n) is 3.93. The lowest BCUT2D eigenvalue weighted by Crippen LogP contribution is -2.44. The van der Waals surface area contributed by atoms with Crippen LogP contribution in [0.4, 0.5) is 4.79 Å². The van der Waals surface area contributed by atoms with E-state index < -0.39 is 40.5 Å². The molecule has 0 spiro atoms. The van der Waals surface area contributed by atoms with E-state index in [1.165, 1.54) is 6.42 Å². The molecule has 8 nitrogen and oxygen atoms in total. The molecular formula is C17H24N2O6S2.